The van der Waals surface area contributed by atoms with Crippen LogP contribution in [0.15, 0.2) is 0 Å². The molecule has 0 aromatic rings. The van der Waals surface area contributed by atoms with Crippen LogP contribution >= 0.6 is 0 Å². The highest BCUT2D eigenvalue weighted by Crippen LogP contribution is 2.18. The molecule has 4 heteroatoms. The first kappa shape index (κ1) is 10.8. The van der Waals surface area contributed by atoms with Gasteiger partial charge in [0.25, 0.3) is 5.92 Å². The second-order valence-corrected chi connectivity index (χ2v) is 2.31. The standard InChI is InChI=1S/C7H14F2O2/c1-2-11-5-3-4-7(8,9)6-10/h10H,2-6H2,1H3. The van der Waals surface area contributed by atoms with Gasteiger partial charge in [-0.2, -0.15) is 0 Å². The van der Waals surface area contributed by atoms with Gasteiger partial charge in [-0.1, -0.05) is 0 Å². The average molecular weight is 168 g/mol. The van der Waals surface area contributed by atoms with Crippen LogP contribution in [0.25, 0.3) is 0 Å². The Morgan fingerprint density at radius 3 is 2.55 bits per heavy atom. The van der Waals surface area contributed by atoms with Gasteiger partial charge in [-0.15, -0.1) is 0 Å². The first-order valence-electron chi connectivity index (χ1n) is 3.69. The molecule has 68 valence electrons. The van der Waals surface area contributed by atoms with Crippen LogP contribution in [0.1, 0.15) is 19.8 Å². The second-order valence-electron chi connectivity index (χ2n) is 2.31. The number of aliphatic hydroxyl groups is 1. The molecule has 0 aromatic heterocycles. The average Bonchev–Trinajstić information content (AvgIpc) is 1.99. The van der Waals surface area contributed by atoms with Crippen molar-refractivity contribution in [1.82, 2.24) is 0 Å². The van der Waals surface area contributed by atoms with Crippen LogP contribution in [0.2, 0.25) is 0 Å². The fourth-order valence-electron chi connectivity index (χ4n) is 0.656. The van der Waals surface area contributed by atoms with Gasteiger partial charge >= 0.3 is 0 Å². The van der Waals surface area contributed by atoms with E-state index < -0.39 is 12.5 Å². The lowest BCUT2D eigenvalue weighted by Gasteiger charge is -2.11. The highest BCUT2D eigenvalue weighted by Gasteiger charge is 2.26. The molecule has 0 rings (SSSR count). The summed E-state index contributed by atoms with van der Waals surface area (Å²) in [4.78, 5) is 0. The van der Waals surface area contributed by atoms with Gasteiger partial charge in [0.05, 0.1) is 0 Å². The second kappa shape index (κ2) is 5.43. The molecule has 0 aliphatic carbocycles. The van der Waals surface area contributed by atoms with E-state index in [0.717, 1.165) is 0 Å². The Bertz CT molecular complexity index is 96.4. The quantitative estimate of drug-likeness (QED) is 0.608. The van der Waals surface area contributed by atoms with Crippen molar-refractivity contribution >= 4 is 0 Å². The fraction of sp³-hybridized carbons (Fsp3) is 1.00. The Hall–Kier alpha value is -0.220. The summed E-state index contributed by atoms with van der Waals surface area (Å²) in [5.41, 5.74) is 0. The predicted molar refractivity (Wildman–Crippen MR) is 37.8 cm³/mol. The van der Waals surface area contributed by atoms with Crippen LogP contribution in [-0.4, -0.2) is 30.8 Å². The van der Waals surface area contributed by atoms with E-state index in [2.05, 4.69) is 0 Å². The molecule has 1 N–H and O–H groups in total. The summed E-state index contributed by atoms with van der Waals surface area (Å²) in [6, 6.07) is 0. The Kier molecular flexibility index (Phi) is 5.32. The van der Waals surface area contributed by atoms with E-state index in [1.807, 2.05) is 6.92 Å². The topological polar surface area (TPSA) is 29.5 Å². The van der Waals surface area contributed by atoms with Gasteiger partial charge in [-0.3, -0.25) is 0 Å². The van der Waals surface area contributed by atoms with Crippen molar-refractivity contribution in [2.24, 2.45) is 0 Å². The van der Waals surface area contributed by atoms with E-state index in [1.165, 1.54) is 0 Å². The van der Waals surface area contributed by atoms with E-state index in [0.29, 0.717) is 19.6 Å². The van der Waals surface area contributed by atoms with Crippen molar-refractivity contribution in [2.45, 2.75) is 25.7 Å². The third kappa shape index (κ3) is 6.19. The first-order valence-corrected chi connectivity index (χ1v) is 3.69. The van der Waals surface area contributed by atoms with E-state index >= 15 is 0 Å². The zero-order chi connectivity index (χ0) is 8.74. The molecule has 0 saturated heterocycles. The van der Waals surface area contributed by atoms with Crippen LogP contribution in [-0.2, 0) is 4.74 Å². The number of aliphatic hydroxyl groups excluding tert-OH is 1. The third-order valence-electron chi connectivity index (χ3n) is 1.27. The molecular weight excluding hydrogens is 154 g/mol. The molecule has 0 atom stereocenters. The number of ether oxygens (including phenoxy) is 1. The number of hydrogen-bond acceptors (Lipinski definition) is 2. The minimum Gasteiger partial charge on any atom is -0.390 e. The number of halogens is 2. The van der Waals surface area contributed by atoms with Gasteiger partial charge in [0.2, 0.25) is 0 Å². The van der Waals surface area contributed by atoms with E-state index in [1.54, 1.807) is 0 Å². The van der Waals surface area contributed by atoms with Crippen molar-refractivity contribution in [3.05, 3.63) is 0 Å². The van der Waals surface area contributed by atoms with Crippen LogP contribution in [0.3, 0.4) is 0 Å². The molecule has 0 fully saturated rings. The maximum atomic E-state index is 12.3. The first-order chi connectivity index (χ1) is 5.12. The lowest BCUT2D eigenvalue weighted by atomic mass is 10.2. The molecule has 0 unspecified atom stereocenters. The SMILES string of the molecule is CCOCCCC(F)(F)CO. The van der Waals surface area contributed by atoms with Crippen molar-refractivity contribution in [3.8, 4) is 0 Å². The number of alkyl halides is 2. The highest BCUT2D eigenvalue weighted by molar-refractivity contribution is 4.63. The van der Waals surface area contributed by atoms with Gasteiger partial charge in [-0.05, 0) is 13.3 Å². The molecule has 0 aliphatic heterocycles. The van der Waals surface area contributed by atoms with Gasteiger partial charge < -0.3 is 9.84 Å². The molecule has 0 aromatic carbocycles. The molecule has 0 saturated carbocycles. The van der Waals surface area contributed by atoms with Gasteiger partial charge in [0.1, 0.15) is 6.61 Å². The Morgan fingerprint density at radius 2 is 2.09 bits per heavy atom. The Balaban J connectivity index is 3.23. The highest BCUT2D eigenvalue weighted by atomic mass is 19.3. The summed E-state index contributed by atoms with van der Waals surface area (Å²) in [7, 11) is 0. The molecule has 0 radical (unpaired) electrons. The molecule has 0 bridgehead atoms. The maximum Gasteiger partial charge on any atom is 0.270 e. The Morgan fingerprint density at radius 1 is 1.45 bits per heavy atom. The Labute approximate surface area is 65.2 Å². The normalized spacial score (nSPS) is 12.0. The number of hydrogen-bond donors (Lipinski definition) is 1. The summed E-state index contributed by atoms with van der Waals surface area (Å²) in [6.45, 7) is 1.63. The summed E-state index contributed by atoms with van der Waals surface area (Å²) in [5, 5.41) is 8.16. The number of rotatable bonds is 6. The van der Waals surface area contributed by atoms with E-state index in [-0.39, 0.29) is 6.42 Å². The monoisotopic (exact) mass is 168 g/mol. The molecule has 2 nitrogen and oxygen atoms in total. The van der Waals surface area contributed by atoms with Crippen molar-refractivity contribution < 1.29 is 18.6 Å². The molecule has 0 aliphatic rings. The molecule has 0 spiro atoms. The zero-order valence-corrected chi connectivity index (χ0v) is 6.65. The molecule has 11 heavy (non-hydrogen) atoms. The van der Waals surface area contributed by atoms with E-state index in [9.17, 15) is 8.78 Å². The largest absolute Gasteiger partial charge is 0.390 e. The predicted octanol–water partition coefficient (Wildman–Crippen LogP) is 1.43. The molecule has 0 heterocycles. The smallest absolute Gasteiger partial charge is 0.270 e. The van der Waals surface area contributed by atoms with Crippen LogP contribution in [0.4, 0.5) is 8.78 Å². The molecular formula is C7H14F2O2. The van der Waals surface area contributed by atoms with Crippen LogP contribution in [0.5, 0.6) is 0 Å². The van der Waals surface area contributed by atoms with Crippen LogP contribution < -0.4 is 0 Å². The van der Waals surface area contributed by atoms with Gasteiger partial charge in [0, 0.05) is 19.6 Å². The lowest BCUT2D eigenvalue weighted by Crippen LogP contribution is -2.21. The summed E-state index contributed by atoms with van der Waals surface area (Å²) in [6.07, 6.45) is -0.00903. The third-order valence-corrected chi connectivity index (χ3v) is 1.27. The van der Waals surface area contributed by atoms with Crippen molar-refractivity contribution in [2.75, 3.05) is 19.8 Å². The van der Waals surface area contributed by atoms with Crippen molar-refractivity contribution in [3.63, 3.8) is 0 Å². The van der Waals surface area contributed by atoms with Crippen LogP contribution in [0, 0.1) is 0 Å². The minimum atomic E-state index is -2.93. The lowest BCUT2D eigenvalue weighted by molar-refractivity contribution is -0.0614. The fourth-order valence-corrected chi connectivity index (χ4v) is 0.656. The summed E-state index contributed by atoms with van der Waals surface area (Å²) < 4.78 is 29.4. The summed E-state index contributed by atoms with van der Waals surface area (Å²) in [5.74, 6) is -2.93. The maximum absolute atomic E-state index is 12.3. The minimum absolute atomic E-state index is 0.293. The van der Waals surface area contributed by atoms with Gasteiger partial charge in [0.15, 0.2) is 0 Å². The molecule has 0 amide bonds. The van der Waals surface area contributed by atoms with E-state index in [4.69, 9.17) is 9.84 Å². The van der Waals surface area contributed by atoms with Gasteiger partial charge in [-0.25, -0.2) is 8.78 Å². The zero-order valence-electron chi connectivity index (χ0n) is 6.65. The summed E-state index contributed by atoms with van der Waals surface area (Å²) >= 11 is 0. The van der Waals surface area contributed by atoms with Crippen molar-refractivity contribution in [1.29, 1.82) is 0 Å².